The summed E-state index contributed by atoms with van der Waals surface area (Å²) < 4.78 is 11.7. The van der Waals surface area contributed by atoms with E-state index in [1.54, 1.807) is 48.5 Å². The molecule has 0 heterocycles. The van der Waals surface area contributed by atoms with Gasteiger partial charge < -0.3 is 20.5 Å². The lowest BCUT2D eigenvalue weighted by Crippen LogP contribution is -2.13. The van der Waals surface area contributed by atoms with E-state index in [1.807, 2.05) is 24.3 Å². The zero-order chi connectivity index (χ0) is 21.6. The van der Waals surface area contributed by atoms with Crippen LogP contribution in [-0.4, -0.2) is 17.9 Å². The summed E-state index contributed by atoms with van der Waals surface area (Å²) in [7, 11) is 0. The maximum Gasteiger partial charge on any atom is 0.255 e. The van der Waals surface area contributed by atoms with Gasteiger partial charge in [-0.2, -0.15) is 0 Å². The van der Waals surface area contributed by atoms with Crippen molar-refractivity contribution in [2.24, 2.45) is 5.73 Å². The fraction of sp³-hybridized carbons (Fsp3) is 0.200. The van der Waals surface area contributed by atoms with Crippen molar-refractivity contribution in [2.75, 3.05) is 5.32 Å². The highest BCUT2D eigenvalue weighted by Crippen LogP contribution is 2.26. The molecule has 0 saturated heterocycles. The Balaban J connectivity index is 1.36. The number of anilines is 1. The number of nitrogens with two attached hydrogens (primary N) is 1. The van der Waals surface area contributed by atoms with Crippen LogP contribution < -0.4 is 20.5 Å². The van der Waals surface area contributed by atoms with Crippen LogP contribution >= 0.6 is 0 Å². The molecule has 1 fully saturated rings. The van der Waals surface area contributed by atoms with Crippen molar-refractivity contribution in [3.63, 3.8) is 0 Å². The molecule has 0 aromatic heterocycles. The number of hydrogen-bond acceptors (Lipinski definition) is 4. The van der Waals surface area contributed by atoms with E-state index in [9.17, 15) is 9.59 Å². The number of hydrogen-bond donors (Lipinski definition) is 2. The average molecular weight is 416 g/mol. The van der Waals surface area contributed by atoms with Gasteiger partial charge in [0.15, 0.2) is 0 Å². The van der Waals surface area contributed by atoms with E-state index in [4.69, 9.17) is 15.2 Å². The smallest absolute Gasteiger partial charge is 0.255 e. The van der Waals surface area contributed by atoms with Crippen LogP contribution in [0.1, 0.15) is 46.4 Å². The third-order valence-corrected chi connectivity index (χ3v) is 5.19. The Kier molecular flexibility index (Phi) is 6.17. The number of ether oxygens (including phenoxy) is 2. The summed E-state index contributed by atoms with van der Waals surface area (Å²) in [5.74, 6) is 1.22. The summed E-state index contributed by atoms with van der Waals surface area (Å²) in [6.07, 6.45) is 4.85. The molecule has 3 aromatic rings. The Bertz CT molecular complexity index is 1060. The van der Waals surface area contributed by atoms with Gasteiger partial charge in [-0.25, -0.2) is 0 Å². The number of nitrogens with one attached hydrogen (secondary N) is 1. The Morgan fingerprint density at radius 2 is 1.42 bits per heavy atom. The first-order valence-corrected chi connectivity index (χ1v) is 10.3. The minimum atomic E-state index is -0.488. The highest BCUT2D eigenvalue weighted by Gasteiger charge is 2.16. The first-order valence-electron chi connectivity index (χ1n) is 10.3. The lowest BCUT2D eigenvalue weighted by molar-refractivity contribution is 0.0997. The Hall–Kier alpha value is -3.80. The maximum absolute atomic E-state index is 12.6. The number of primary amides is 1. The second-order valence-electron chi connectivity index (χ2n) is 7.52. The fourth-order valence-corrected chi connectivity index (χ4v) is 3.55. The monoisotopic (exact) mass is 416 g/mol. The van der Waals surface area contributed by atoms with Crippen molar-refractivity contribution >= 4 is 17.5 Å². The van der Waals surface area contributed by atoms with Crippen LogP contribution in [0.4, 0.5) is 5.69 Å². The standard InChI is InChI=1S/C25H24N2O4/c26-24(28)17-8-12-21(13-9-17)30-22-14-10-18(11-15-22)25(29)27-19-4-3-7-23(16-19)31-20-5-1-2-6-20/h3-4,7-16,20H,1-2,5-6H2,(H2,26,28)(H,27,29). The molecule has 1 aliphatic rings. The number of benzene rings is 3. The van der Waals surface area contributed by atoms with Gasteiger partial charge in [-0.15, -0.1) is 0 Å². The van der Waals surface area contributed by atoms with Crippen LogP contribution in [-0.2, 0) is 0 Å². The minimum absolute atomic E-state index is 0.213. The molecule has 3 aromatic carbocycles. The molecule has 4 rings (SSSR count). The van der Waals surface area contributed by atoms with Crippen LogP contribution in [0.25, 0.3) is 0 Å². The molecule has 3 N–H and O–H groups in total. The molecule has 6 heteroatoms. The van der Waals surface area contributed by atoms with E-state index in [0.29, 0.717) is 28.3 Å². The van der Waals surface area contributed by atoms with Crippen molar-refractivity contribution < 1.29 is 19.1 Å². The lowest BCUT2D eigenvalue weighted by atomic mass is 10.2. The minimum Gasteiger partial charge on any atom is -0.490 e. The third kappa shape index (κ3) is 5.42. The predicted octanol–water partition coefficient (Wildman–Crippen LogP) is 5.15. The molecular formula is C25H24N2O4. The zero-order valence-electron chi connectivity index (χ0n) is 17.0. The van der Waals surface area contributed by atoms with Crippen molar-refractivity contribution in [3.8, 4) is 17.2 Å². The Labute approximate surface area is 181 Å². The molecule has 31 heavy (non-hydrogen) atoms. The summed E-state index contributed by atoms with van der Waals surface area (Å²) in [4.78, 5) is 23.7. The zero-order valence-corrected chi connectivity index (χ0v) is 17.0. The van der Waals surface area contributed by atoms with Crippen LogP contribution in [0, 0.1) is 0 Å². The van der Waals surface area contributed by atoms with Gasteiger partial charge in [0.1, 0.15) is 17.2 Å². The Morgan fingerprint density at radius 1 is 0.806 bits per heavy atom. The molecule has 6 nitrogen and oxygen atoms in total. The van der Waals surface area contributed by atoms with E-state index >= 15 is 0 Å². The maximum atomic E-state index is 12.6. The van der Waals surface area contributed by atoms with Gasteiger partial charge in [0.05, 0.1) is 6.10 Å². The van der Waals surface area contributed by atoms with Gasteiger partial charge in [-0.05, 0) is 86.3 Å². The molecule has 1 saturated carbocycles. The second kappa shape index (κ2) is 9.34. The summed E-state index contributed by atoms with van der Waals surface area (Å²) in [5, 5.41) is 2.91. The van der Waals surface area contributed by atoms with Crippen molar-refractivity contribution in [1.29, 1.82) is 0 Å². The number of amides is 2. The number of rotatable bonds is 7. The summed E-state index contributed by atoms with van der Waals surface area (Å²) in [6.45, 7) is 0. The lowest BCUT2D eigenvalue weighted by Gasteiger charge is -2.14. The van der Waals surface area contributed by atoms with Crippen molar-refractivity contribution in [1.82, 2.24) is 0 Å². The molecule has 0 spiro atoms. The van der Waals surface area contributed by atoms with E-state index in [2.05, 4.69) is 5.32 Å². The largest absolute Gasteiger partial charge is 0.490 e. The van der Waals surface area contributed by atoms with Gasteiger partial charge in [-0.1, -0.05) is 6.07 Å². The third-order valence-electron chi connectivity index (χ3n) is 5.19. The molecule has 0 radical (unpaired) electrons. The number of carbonyl (C=O) groups excluding carboxylic acids is 2. The molecule has 0 aliphatic heterocycles. The SMILES string of the molecule is NC(=O)c1ccc(Oc2ccc(C(=O)Nc3cccc(OC4CCCC4)c3)cc2)cc1. The van der Waals surface area contributed by atoms with Gasteiger partial charge in [0, 0.05) is 22.9 Å². The molecule has 0 unspecified atom stereocenters. The summed E-state index contributed by atoms with van der Waals surface area (Å²) in [6, 6.07) is 20.8. The predicted molar refractivity (Wildman–Crippen MR) is 119 cm³/mol. The van der Waals surface area contributed by atoms with Gasteiger partial charge in [0.25, 0.3) is 5.91 Å². The van der Waals surface area contributed by atoms with Crippen LogP contribution in [0.15, 0.2) is 72.8 Å². The molecule has 0 bridgehead atoms. The molecule has 158 valence electrons. The molecule has 2 amide bonds. The van der Waals surface area contributed by atoms with Gasteiger partial charge >= 0.3 is 0 Å². The highest BCUT2D eigenvalue weighted by molar-refractivity contribution is 6.04. The van der Waals surface area contributed by atoms with Crippen LogP contribution in [0.5, 0.6) is 17.2 Å². The second-order valence-corrected chi connectivity index (χ2v) is 7.52. The van der Waals surface area contributed by atoms with E-state index < -0.39 is 5.91 Å². The summed E-state index contributed by atoms with van der Waals surface area (Å²) >= 11 is 0. The molecular weight excluding hydrogens is 392 g/mol. The van der Waals surface area contributed by atoms with Gasteiger partial charge in [-0.3, -0.25) is 9.59 Å². The summed E-state index contributed by atoms with van der Waals surface area (Å²) in [5.41, 5.74) is 6.85. The molecule has 0 atom stereocenters. The van der Waals surface area contributed by atoms with E-state index in [0.717, 1.165) is 18.6 Å². The van der Waals surface area contributed by atoms with E-state index in [1.165, 1.54) is 12.8 Å². The number of carbonyl (C=O) groups is 2. The topological polar surface area (TPSA) is 90.7 Å². The first-order chi connectivity index (χ1) is 15.1. The average Bonchev–Trinajstić information content (AvgIpc) is 3.28. The van der Waals surface area contributed by atoms with Gasteiger partial charge in [0.2, 0.25) is 5.91 Å². The normalized spacial score (nSPS) is 13.5. The van der Waals surface area contributed by atoms with Crippen molar-refractivity contribution in [2.45, 2.75) is 31.8 Å². The quantitative estimate of drug-likeness (QED) is 0.557. The molecule has 1 aliphatic carbocycles. The van der Waals surface area contributed by atoms with E-state index in [-0.39, 0.29) is 12.0 Å². The van der Waals surface area contributed by atoms with Crippen LogP contribution in [0.2, 0.25) is 0 Å². The highest BCUT2D eigenvalue weighted by atomic mass is 16.5. The van der Waals surface area contributed by atoms with Crippen molar-refractivity contribution in [3.05, 3.63) is 83.9 Å². The first kappa shape index (κ1) is 20.5. The Morgan fingerprint density at radius 3 is 2.03 bits per heavy atom. The van der Waals surface area contributed by atoms with Crippen LogP contribution in [0.3, 0.4) is 0 Å². The fourth-order valence-electron chi connectivity index (χ4n) is 3.55.